The molecule has 92 heavy (non-hydrogen) atoms. The fourth-order valence-electron chi connectivity index (χ4n) is 19.4. The smallest absolute Gasteiger partial charge is 0.0805 e. The normalized spacial score (nSPS) is 40.6. The molecular weight excluding hydrogens is 1120 g/mol. The molecule has 1 heterocycles. The second-order valence-corrected chi connectivity index (χ2v) is 36.2. The summed E-state index contributed by atoms with van der Waals surface area (Å²) >= 11 is 0. The van der Waals surface area contributed by atoms with E-state index in [-0.39, 0.29) is 12.2 Å². The molecule has 8 bridgehead atoms. The SMILES string of the molecule is CCC1COCCC(C)CCCC2CCC(C2)C(C)CCCC(C)CCC(C)CCCC(C)C2CCC(CCCC(C)CCOCC(CC)OCCC(C)CCCC3CCC(C3)C(C)CCCC(C)CCC(C)CCCC(C)C3CCC(CCCC(C)CCO1)C3)C2. The first-order valence-corrected chi connectivity index (χ1v) is 42.8. The lowest BCUT2D eigenvalue weighted by atomic mass is 9.84. The highest BCUT2D eigenvalue weighted by molar-refractivity contribution is 4.84. The Labute approximate surface area is 578 Å². The van der Waals surface area contributed by atoms with E-state index in [9.17, 15) is 0 Å². The fourth-order valence-corrected chi connectivity index (χ4v) is 19.4. The lowest BCUT2D eigenvalue weighted by Crippen LogP contribution is -2.21. The van der Waals surface area contributed by atoms with E-state index in [4.69, 9.17) is 18.9 Å². The molecule has 4 saturated carbocycles. The van der Waals surface area contributed by atoms with Gasteiger partial charge >= 0.3 is 0 Å². The van der Waals surface area contributed by atoms with Gasteiger partial charge in [-0.3, -0.25) is 0 Å². The van der Waals surface area contributed by atoms with Crippen molar-refractivity contribution in [2.24, 2.45) is 118 Å². The van der Waals surface area contributed by atoms with Crippen molar-refractivity contribution in [3.05, 3.63) is 0 Å². The highest BCUT2D eigenvalue weighted by atomic mass is 16.5. The minimum absolute atomic E-state index is 0.252. The van der Waals surface area contributed by atoms with Crippen LogP contribution in [0.25, 0.3) is 0 Å². The van der Waals surface area contributed by atoms with Gasteiger partial charge in [0.1, 0.15) is 0 Å². The third-order valence-corrected chi connectivity index (χ3v) is 27.5. The molecule has 0 N–H and O–H groups in total. The molecular formula is C88H168O4. The molecule has 0 aromatic rings. The fraction of sp³-hybridized carbons (Fsp3) is 1.00. The molecule has 1 aliphatic heterocycles. The molecule has 0 spiro atoms. The zero-order chi connectivity index (χ0) is 66.3. The second kappa shape index (κ2) is 49.4. The van der Waals surface area contributed by atoms with Crippen LogP contribution in [0.4, 0.5) is 0 Å². The Balaban J connectivity index is 0.961. The van der Waals surface area contributed by atoms with E-state index in [1.54, 1.807) is 0 Å². The Hall–Kier alpha value is -0.160. The quantitative estimate of drug-likeness (QED) is 0.276. The molecule has 0 aromatic carbocycles. The van der Waals surface area contributed by atoms with E-state index in [0.29, 0.717) is 0 Å². The molecule has 0 amide bonds. The Kier molecular flexibility index (Phi) is 44.3. The van der Waals surface area contributed by atoms with E-state index in [1.165, 1.54) is 283 Å². The summed E-state index contributed by atoms with van der Waals surface area (Å²) < 4.78 is 25.4. The van der Waals surface area contributed by atoms with E-state index in [2.05, 4.69) is 96.9 Å². The Bertz CT molecular complexity index is 1590. The van der Waals surface area contributed by atoms with Crippen molar-refractivity contribution < 1.29 is 18.9 Å². The van der Waals surface area contributed by atoms with Gasteiger partial charge in [-0.15, -0.1) is 0 Å². The van der Waals surface area contributed by atoms with Crippen LogP contribution in [0.2, 0.25) is 0 Å². The minimum atomic E-state index is 0.252. The first-order valence-electron chi connectivity index (χ1n) is 42.8. The van der Waals surface area contributed by atoms with Gasteiger partial charge in [-0.1, -0.05) is 302 Å². The molecule has 5 aliphatic rings. The summed E-state index contributed by atoms with van der Waals surface area (Å²) in [6.45, 7) is 40.3. The molecule has 4 heteroatoms. The summed E-state index contributed by atoms with van der Waals surface area (Å²) in [5.74, 6) is 18.1. The Morgan fingerprint density at radius 2 is 0.435 bits per heavy atom. The monoisotopic (exact) mass is 1290 g/mol. The first kappa shape index (κ1) is 82.5. The predicted octanol–water partition coefficient (Wildman–Crippen LogP) is 27.4. The van der Waals surface area contributed by atoms with Crippen LogP contribution in [-0.2, 0) is 18.9 Å². The summed E-state index contributed by atoms with van der Waals surface area (Å²) in [7, 11) is 0. The van der Waals surface area contributed by atoms with Crippen LogP contribution in [0, 0.1) is 118 Å². The molecule has 5 rings (SSSR count). The summed E-state index contributed by atoms with van der Waals surface area (Å²) in [5, 5.41) is 0. The van der Waals surface area contributed by atoms with Gasteiger partial charge in [0.25, 0.3) is 0 Å². The Morgan fingerprint density at radius 1 is 0.217 bits per heavy atom. The van der Waals surface area contributed by atoms with E-state index >= 15 is 0 Å². The van der Waals surface area contributed by atoms with Crippen LogP contribution in [0.1, 0.15) is 392 Å². The highest BCUT2D eigenvalue weighted by Crippen LogP contribution is 2.44. The second-order valence-electron chi connectivity index (χ2n) is 36.2. The highest BCUT2D eigenvalue weighted by Gasteiger charge is 2.32. The molecule has 22 atom stereocenters. The number of fused-ring (bicyclic) bond motifs is 8. The lowest BCUT2D eigenvalue weighted by Gasteiger charge is -2.22. The van der Waals surface area contributed by atoms with Crippen molar-refractivity contribution in [2.75, 3.05) is 39.6 Å². The van der Waals surface area contributed by atoms with Crippen LogP contribution in [-0.4, -0.2) is 51.8 Å². The maximum absolute atomic E-state index is 6.43. The van der Waals surface area contributed by atoms with Crippen molar-refractivity contribution in [1.82, 2.24) is 0 Å². The van der Waals surface area contributed by atoms with Gasteiger partial charge in [-0.2, -0.15) is 0 Å². The van der Waals surface area contributed by atoms with E-state index in [1.807, 2.05) is 0 Å². The summed E-state index contributed by atoms with van der Waals surface area (Å²) in [4.78, 5) is 0. The van der Waals surface area contributed by atoms with Crippen molar-refractivity contribution in [3.63, 3.8) is 0 Å². The first-order chi connectivity index (χ1) is 44.5. The van der Waals surface area contributed by atoms with Crippen molar-refractivity contribution in [3.8, 4) is 0 Å². The van der Waals surface area contributed by atoms with Crippen LogP contribution in [0.3, 0.4) is 0 Å². The lowest BCUT2D eigenvalue weighted by molar-refractivity contribution is -0.0242. The van der Waals surface area contributed by atoms with Crippen LogP contribution in [0.15, 0.2) is 0 Å². The van der Waals surface area contributed by atoms with Crippen LogP contribution in [0.5, 0.6) is 0 Å². The summed E-state index contributed by atoms with van der Waals surface area (Å²) in [6.07, 6.45) is 65.5. The van der Waals surface area contributed by atoms with E-state index in [0.717, 1.165) is 171 Å². The molecule has 4 nitrogen and oxygen atoms in total. The largest absolute Gasteiger partial charge is 0.379 e. The third kappa shape index (κ3) is 36.3. The maximum Gasteiger partial charge on any atom is 0.0805 e. The van der Waals surface area contributed by atoms with Crippen LogP contribution >= 0.6 is 0 Å². The molecule has 4 aliphatic carbocycles. The Morgan fingerprint density at radius 3 is 0.674 bits per heavy atom. The van der Waals surface area contributed by atoms with Crippen LogP contribution < -0.4 is 0 Å². The van der Waals surface area contributed by atoms with Gasteiger partial charge in [0.15, 0.2) is 0 Å². The summed E-state index contributed by atoms with van der Waals surface area (Å²) in [6, 6.07) is 0. The number of ether oxygens (including phenoxy) is 4. The summed E-state index contributed by atoms with van der Waals surface area (Å²) in [5.41, 5.74) is 0. The zero-order valence-electron chi connectivity index (χ0n) is 65.1. The molecule has 5 fully saturated rings. The molecule has 0 aromatic heterocycles. The van der Waals surface area contributed by atoms with Gasteiger partial charge in [0.2, 0.25) is 0 Å². The molecule has 0 radical (unpaired) electrons. The van der Waals surface area contributed by atoms with Crippen molar-refractivity contribution in [1.29, 1.82) is 0 Å². The average molecular weight is 1290 g/mol. The molecule has 544 valence electrons. The topological polar surface area (TPSA) is 36.9 Å². The van der Waals surface area contributed by atoms with Gasteiger partial charge < -0.3 is 18.9 Å². The maximum atomic E-state index is 6.43. The molecule has 1 saturated heterocycles. The average Bonchev–Trinajstić information content (AvgIpc) is 3.09. The van der Waals surface area contributed by atoms with Crippen molar-refractivity contribution >= 4 is 0 Å². The molecule has 22 unspecified atom stereocenters. The third-order valence-electron chi connectivity index (χ3n) is 27.5. The zero-order valence-corrected chi connectivity index (χ0v) is 65.1. The number of hydrogen-bond donors (Lipinski definition) is 0. The van der Waals surface area contributed by atoms with Gasteiger partial charge in [-0.25, -0.2) is 0 Å². The predicted molar refractivity (Wildman–Crippen MR) is 403 cm³/mol. The number of rotatable bonds is 2. The standard InChI is InChI=1S/C88H168O4/c1-15-87-65-89-57-53-71(7)29-21-37-79-45-49-83(61-79)75(11)33-17-25-67(3)41-42-68(4)26-18-34-76(12)84-50-46-80(62-84)38-22-30-72(8)54-58-90-66-88(16-2)92-60-56-74(10)32-24-40-82-48-52-86(64-82)78(14)36-20-28-70(6)44-43-69(5)27-19-35-77(13)85-51-47-81(63-85)39-23-31-73(9)55-59-91-87/h67-88H,15-66H2,1-14H3. The van der Waals surface area contributed by atoms with E-state index < -0.39 is 0 Å². The number of hydrogen-bond acceptors (Lipinski definition) is 4. The van der Waals surface area contributed by atoms with Gasteiger partial charge in [-0.05, 0) is 208 Å². The van der Waals surface area contributed by atoms with Gasteiger partial charge in [0.05, 0.1) is 25.4 Å². The minimum Gasteiger partial charge on any atom is -0.379 e. The van der Waals surface area contributed by atoms with Crippen molar-refractivity contribution in [2.45, 2.75) is 404 Å². The van der Waals surface area contributed by atoms with Gasteiger partial charge in [0, 0.05) is 26.4 Å².